The van der Waals surface area contributed by atoms with E-state index in [9.17, 15) is 14.4 Å². The largest absolute Gasteiger partial charge is 0.444 e. The lowest BCUT2D eigenvalue weighted by Crippen LogP contribution is -2.49. The molecule has 1 saturated heterocycles. The van der Waals surface area contributed by atoms with Crippen molar-refractivity contribution in [3.05, 3.63) is 34.3 Å². The molecule has 7 nitrogen and oxygen atoms in total. The van der Waals surface area contributed by atoms with Gasteiger partial charge in [0.25, 0.3) is 5.91 Å². The number of hydrogen-bond donors (Lipinski definition) is 1. The Morgan fingerprint density at radius 2 is 2.00 bits per heavy atom. The number of ether oxygens (including phenoxy) is 1. The predicted molar refractivity (Wildman–Crippen MR) is 124 cm³/mol. The van der Waals surface area contributed by atoms with Crippen LogP contribution in [0.4, 0.5) is 4.79 Å². The number of nitrogens with zero attached hydrogens (tertiary/aromatic N) is 2. The summed E-state index contributed by atoms with van der Waals surface area (Å²) in [6.45, 7) is 11.2. The van der Waals surface area contributed by atoms with Crippen LogP contribution in [0.15, 0.2) is 28.7 Å². The summed E-state index contributed by atoms with van der Waals surface area (Å²) in [5.74, 6) is -0.214. The first-order chi connectivity index (χ1) is 14.5. The lowest BCUT2D eigenvalue weighted by molar-refractivity contribution is -0.132. The van der Waals surface area contributed by atoms with Gasteiger partial charge in [-0.25, -0.2) is 4.79 Å². The summed E-state index contributed by atoms with van der Waals surface area (Å²) in [6.07, 6.45) is 1.49. The van der Waals surface area contributed by atoms with Crippen molar-refractivity contribution in [2.75, 3.05) is 26.2 Å². The minimum Gasteiger partial charge on any atom is -0.444 e. The Morgan fingerprint density at radius 1 is 1.29 bits per heavy atom. The highest BCUT2D eigenvalue weighted by molar-refractivity contribution is 9.10. The third-order valence-electron chi connectivity index (χ3n) is 5.06. The molecule has 0 saturated carbocycles. The molecule has 1 aromatic carbocycles. The van der Waals surface area contributed by atoms with E-state index >= 15 is 0 Å². The van der Waals surface area contributed by atoms with E-state index in [1.165, 1.54) is 0 Å². The van der Waals surface area contributed by atoms with Crippen LogP contribution in [-0.4, -0.2) is 65.5 Å². The van der Waals surface area contributed by atoms with E-state index in [0.717, 1.165) is 17.3 Å². The van der Waals surface area contributed by atoms with Gasteiger partial charge in [0.15, 0.2) is 0 Å². The van der Waals surface area contributed by atoms with Gasteiger partial charge in [0, 0.05) is 35.7 Å². The van der Waals surface area contributed by atoms with Gasteiger partial charge in [-0.3, -0.25) is 9.59 Å². The Hall–Kier alpha value is -2.09. The van der Waals surface area contributed by atoms with Crippen LogP contribution in [0.5, 0.6) is 0 Å². The van der Waals surface area contributed by atoms with Crippen molar-refractivity contribution in [2.24, 2.45) is 5.92 Å². The Bertz CT molecular complexity index is 791. The molecule has 0 aliphatic carbocycles. The van der Waals surface area contributed by atoms with Crippen molar-refractivity contribution in [2.45, 2.75) is 59.1 Å². The summed E-state index contributed by atoms with van der Waals surface area (Å²) in [4.78, 5) is 41.1. The molecular formula is C23H34BrN3O4. The van der Waals surface area contributed by atoms with Crippen molar-refractivity contribution < 1.29 is 19.1 Å². The van der Waals surface area contributed by atoms with Gasteiger partial charge in [-0.2, -0.15) is 0 Å². The maximum Gasteiger partial charge on any atom is 0.410 e. The normalized spacial score (nSPS) is 16.7. The third-order valence-corrected chi connectivity index (χ3v) is 5.56. The van der Waals surface area contributed by atoms with Gasteiger partial charge in [-0.05, 0) is 71.6 Å². The fourth-order valence-corrected chi connectivity index (χ4v) is 3.93. The van der Waals surface area contributed by atoms with Crippen molar-refractivity contribution in [1.29, 1.82) is 0 Å². The molecule has 1 fully saturated rings. The summed E-state index contributed by atoms with van der Waals surface area (Å²) in [7, 11) is 0. The predicted octanol–water partition coefficient (Wildman–Crippen LogP) is 4.06. The summed E-state index contributed by atoms with van der Waals surface area (Å²) in [5, 5.41) is 2.71. The SMILES string of the molecule is CC(C)N(CC1CCCN(C(=O)CNC(=O)c2cccc(Br)c2)C1)C(=O)OC(C)(C)C. The smallest absolute Gasteiger partial charge is 0.410 e. The molecule has 1 aliphatic rings. The van der Waals surface area contributed by atoms with E-state index in [-0.39, 0.29) is 36.4 Å². The van der Waals surface area contributed by atoms with Crippen LogP contribution >= 0.6 is 15.9 Å². The number of hydrogen-bond acceptors (Lipinski definition) is 4. The number of benzene rings is 1. The molecule has 0 radical (unpaired) electrons. The summed E-state index contributed by atoms with van der Waals surface area (Å²) < 4.78 is 6.36. The van der Waals surface area contributed by atoms with Crippen LogP contribution in [0.1, 0.15) is 57.8 Å². The number of carbonyl (C=O) groups is 3. The molecular weight excluding hydrogens is 462 g/mol. The summed E-state index contributed by atoms with van der Waals surface area (Å²) in [5.41, 5.74) is -0.0469. The monoisotopic (exact) mass is 495 g/mol. The van der Waals surface area contributed by atoms with Crippen LogP contribution in [0.3, 0.4) is 0 Å². The zero-order chi connectivity index (χ0) is 23.2. The molecule has 1 atom stereocenters. The first-order valence-corrected chi connectivity index (χ1v) is 11.6. The molecule has 1 aliphatic heterocycles. The molecule has 31 heavy (non-hydrogen) atoms. The molecule has 1 N–H and O–H groups in total. The second kappa shape index (κ2) is 11.0. The maximum absolute atomic E-state index is 12.7. The minimum absolute atomic E-state index is 0.00501. The van der Waals surface area contributed by atoms with Crippen LogP contribution in [0.25, 0.3) is 0 Å². The average Bonchev–Trinajstić information content (AvgIpc) is 2.68. The molecule has 0 bridgehead atoms. The number of likely N-dealkylation sites (tertiary alicyclic amines) is 1. The Labute approximate surface area is 193 Å². The van der Waals surface area contributed by atoms with Gasteiger partial charge in [0.1, 0.15) is 5.60 Å². The lowest BCUT2D eigenvalue weighted by atomic mass is 9.97. The summed E-state index contributed by atoms with van der Waals surface area (Å²) in [6, 6.07) is 7.05. The molecule has 2 rings (SSSR count). The first kappa shape index (κ1) is 25.2. The number of carbonyl (C=O) groups excluding carboxylic acids is 3. The van der Waals surface area contributed by atoms with Crippen molar-refractivity contribution in [1.82, 2.24) is 15.1 Å². The fourth-order valence-electron chi connectivity index (χ4n) is 3.53. The number of nitrogens with one attached hydrogen (secondary N) is 1. The number of piperidine rings is 1. The molecule has 3 amide bonds. The quantitative estimate of drug-likeness (QED) is 0.644. The highest BCUT2D eigenvalue weighted by atomic mass is 79.9. The fraction of sp³-hybridized carbons (Fsp3) is 0.609. The van der Waals surface area contributed by atoms with E-state index in [4.69, 9.17) is 4.74 Å². The lowest BCUT2D eigenvalue weighted by Gasteiger charge is -2.37. The van der Waals surface area contributed by atoms with E-state index in [1.807, 2.05) is 40.7 Å². The van der Waals surface area contributed by atoms with Crippen LogP contribution < -0.4 is 5.32 Å². The van der Waals surface area contributed by atoms with Crippen LogP contribution in [-0.2, 0) is 9.53 Å². The van der Waals surface area contributed by atoms with Crippen molar-refractivity contribution in [3.8, 4) is 0 Å². The van der Waals surface area contributed by atoms with E-state index in [2.05, 4.69) is 21.2 Å². The van der Waals surface area contributed by atoms with E-state index < -0.39 is 5.60 Å². The molecule has 172 valence electrons. The van der Waals surface area contributed by atoms with Crippen LogP contribution in [0, 0.1) is 5.92 Å². The van der Waals surface area contributed by atoms with Gasteiger partial charge in [0.05, 0.1) is 6.54 Å². The minimum atomic E-state index is -0.550. The number of rotatable bonds is 6. The van der Waals surface area contributed by atoms with Gasteiger partial charge < -0.3 is 19.9 Å². The average molecular weight is 496 g/mol. The second-order valence-corrected chi connectivity index (χ2v) is 10.2. The summed E-state index contributed by atoms with van der Waals surface area (Å²) >= 11 is 3.34. The van der Waals surface area contributed by atoms with Gasteiger partial charge in [0.2, 0.25) is 5.91 Å². The van der Waals surface area contributed by atoms with Gasteiger partial charge in [-0.1, -0.05) is 22.0 Å². The standard InChI is InChI=1S/C23H34BrN3O4/c1-16(2)27(22(30)31-23(3,4)5)15-17-8-7-11-26(14-17)20(28)13-25-21(29)18-9-6-10-19(24)12-18/h6,9-10,12,16-17H,7-8,11,13-15H2,1-5H3,(H,25,29). The highest BCUT2D eigenvalue weighted by Gasteiger charge is 2.30. The molecule has 0 spiro atoms. The first-order valence-electron chi connectivity index (χ1n) is 10.8. The Morgan fingerprint density at radius 3 is 2.61 bits per heavy atom. The topological polar surface area (TPSA) is 79.0 Å². The van der Waals surface area contributed by atoms with Crippen LogP contribution in [0.2, 0.25) is 0 Å². The number of amides is 3. The highest BCUT2D eigenvalue weighted by Crippen LogP contribution is 2.21. The van der Waals surface area contributed by atoms with Gasteiger partial charge in [-0.15, -0.1) is 0 Å². The third kappa shape index (κ3) is 8.16. The molecule has 1 heterocycles. The Balaban J connectivity index is 1.90. The Kier molecular flexibility index (Phi) is 8.91. The zero-order valence-electron chi connectivity index (χ0n) is 19.1. The van der Waals surface area contributed by atoms with Gasteiger partial charge >= 0.3 is 6.09 Å². The van der Waals surface area contributed by atoms with Crippen molar-refractivity contribution in [3.63, 3.8) is 0 Å². The molecule has 1 unspecified atom stereocenters. The molecule has 1 aromatic rings. The van der Waals surface area contributed by atoms with E-state index in [0.29, 0.717) is 25.2 Å². The molecule has 8 heteroatoms. The zero-order valence-corrected chi connectivity index (χ0v) is 20.7. The maximum atomic E-state index is 12.7. The second-order valence-electron chi connectivity index (χ2n) is 9.27. The van der Waals surface area contributed by atoms with E-state index in [1.54, 1.807) is 28.0 Å². The van der Waals surface area contributed by atoms with Crippen molar-refractivity contribution >= 4 is 33.8 Å². The number of halogens is 1. The molecule has 0 aromatic heterocycles.